The molecule has 2 rings (SSSR count). The first-order valence-electron chi connectivity index (χ1n) is 7.59. The fourth-order valence-electron chi connectivity index (χ4n) is 2.14. The molecule has 0 unspecified atom stereocenters. The summed E-state index contributed by atoms with van der Waals surface area (Å²) in [6.45, 7) is 0.452. The van der Waals surface area contributed by atoms with Crippen molar-refractivity contribution in [3.05, 3.63) is 52.8 Å². The Hall–Kier alpha value is -2.47. The lowest BCUT2D eigenvalue weighted by atomic mass is 10.1. The van der Waals surface area contributed by atoms with E-state index < -0.39 is 5.97 Å². The van der Waals surface area contributed by atoms with Crippen LogP contribution in [0.3, 0.4) is 0 Å². The van der Waals surface area contributed by atoms with Crippen molar-refractivity contribution < 1.29 is 28.5 Å². The Bertz CT molecular complexity index is 718. The molecule has 0 fully saturated rings. The predicted molar refractivity (Wildman–Crippen MR) is 91.4 cm³/mol. The van der Waals surface area contributed by atoms with Gasteiger partial charge in [-0.3, -0.25) is 4.79 Å². The van der Waals surface area contributed by atoms with Gasteiger partial charge in [0.1, 0.15) is 24.8 Å². The van der Waals surface area contributed by atoms with Crippen molar-refractivity contribution in [1.29, 1.82) is 0 Å². The van der Waals surface area contributed by atoms with Gasteiger partial charge in [-0.15, -0.1) is 0 Å². The van der Waals surface area contributed by atoms with E-state index in [1.54, 1.807) is 12.1 Å². The number of aryl methyl sites for hydroxylation is 1. The zero-order chi connectivity index (χ0) is 18.2. The summed E-state index contributed by atoms with van der Waals surface area (Å²) in [6.07, 6.45) is 0.352. The predicted octanol–water partition coefficient (Wildman–Crippen LogP) is 3.96. The number of halogens is 2. The number of hydrogen-bond acceptors (Lipinski definition) is 4. The highest BCUT2D eigenvalue weighted by atomic mass is 35.5. The van der Waals surface area contributed by atoms with Crippen LogP contribution in [0, 0.1) is 5.82 Å². The van der Waals surface area contributed by atoms with Crippen LogP contribution in [0.25, 0.3) is 0 Å². The Kier molecular flexibility index (Phi) is 6.89. The molecule has 0 saturated carbocycles. The van der Waals surface area contributed by atoms with Crippen LogP contribution in [0.5, 0.6) is 17.2 Å². The molecule has 0 bridgehead atoms. The first-order valence-corrected chi connectivity index (χ1v) is 7.96. The molecule has 0 aliphatic rings. The number of ether oxygens (including phenoxy) is 3. The number of hydrogen-bond donors (Lipinski definition) is 1. The molecule has 0 heterocycles. The van der Waals surface area contributed by atoms with Gasteiger partial charge < -0.3 is 19.3 Å². The Balaban J connectivity index is 1.93. The van der Waals surface area contributed by atoms with Crippen LogP contribution in [0.4, 0.5) is 4.39 Å². The highest BCUT2D eigenvalue weighted by Crippen LogP contribution is 2.36. The van der Waals surface area contributed by atoms with Crippen LogP contribution in [0.15, 0.2) is 36.4 Å². The number of rotatable bonds is 9. The average molecular weight is 369 g/mol. The molecule has 2 aromatic carbocycles. The molecule has 1 N–H and O–H groups in total. The van der Waals surface area contributed by atoms with E-state index in [1.165, 1.54) is 31.4 Å². The zero-order valence-corrected chi connectivity index (χ0v) is 14.4. The van der Waals surface area contributed by atoms with Gasteiger partial charge in [-0.2, -0.15) is 0 Å². The Morgan fingerprint density at radius 3 is 2.48 bits per heavy atom. The Morgan fingerprint density at radius 2 is 1.84 bits per heavy atom. The van der Waals surface area contributed by atoms with E-state index in [2.05, 4.69) is 0 Å². The van der Waals surface area contributed by atoms with E-state index in [4.69, 9.17) is 30.9 Å². The maximum Gasteiger partial charge on any atom is 0.303 e. The number of aliphatic carboxylic acids is 1. The molecule has 0 amide bonds. The molecule has 7 heteroatoms. The molecule has 0 aliphatic heterocycles. The summed E-state index contributed by atoms with van der Waals surface area (Å²) in [5.74, 6) is 0.115. The Labute approximate surface area is 149 Å². The molecule has 0 radical (unpaired) electrons. The first kappa shape index (κ1) is 18.9. The van der Waals surface area contributed by atoms with E-state index in [9.17, 15) is 9.18 Å². The molecule has 0 aliphatic carbocycles. The standard InChI is InChI=1S/C18H18ClFO5/c1-23-16-11-12(2-7-17(21)22)10-15(19)18(16)25-9-8-24-14-5-3-13(20)4-6-14/h3-6,10-11H,2,7-9H2,1H3,(H,21,22). The van der Waals surface area contributed by atoms with E-state index in [0.717, 1.165) is 5.56 Å². The lowest BCUT2D eigenvalue weighted by Gasteiger charge is -2.14. The number of benzene rings is 2. The van der Waals surface area contributed by atoms with Gasteiger partial charge in [0.25, 0.3) is 0 Å². The summed E-state index contributed by atoms with van der Waals surface area (Å²) in [6, 6.07) is 9.03. The van der Waals surface area contributed by atoms with Crippen LogP contribution in [-0.2, 0) is 11.2 Å². The summed E-state index contributed by atoms with van der Waals surface area (Å²) < 4.78 is 29.1. The minimum atomic E-state index is -0.881. The lowest BCUT2D eigenvalue weighted by Crippen LogP contribution is -2.10. The van der Waals surface area contributed by atoms with Crippen molar-refractivity contribution in [3.8, 4) is 17.2 Å². The van der Waals surface area contributed by atoms with Gasteiger partial charge in [-0.25, -0.2) is 4.39 Å². The smallest absolute Gasteiger partial charge is 0.303 e. The van der Waals surface area contributed by atoms with Gasteiger partial charge in [-0.1, -0.05) is 11.6 Å². The third kappa shape index (κ3) is 5.83. The number of carbonyl (C=O) groups is 1. The molecule has 134 valence electrons. The van der Waals surface area contributed by atoms with Gasteiger partial charge in [0.15, 0.2) is 11.5 Å². The lowest BCUT2D eigenvalue weighted by molar-refractivity contribution is -0.136. The Morgan fingerprint density at radius 1 is 1.16 bits per heavy atom. The fourth-order valence-corrected chi connectivity index (χ4v) is 2.43. The van der Waals surface area contributed by atoms with Gasteiger partial charge in [0.2, 0.25) is 0 Å². The second-order valence-corrected chi connectivity index (χ2v) is 5.56. The molecule has 0 spiro atoms. The summed E-state index contributed by atoms with van der Waals surface area (Å²) in [7, 11) is 1.48. The van der Waals surface area contributed by atoms with Gasteiger partial charge >= 0.3 is 5.97 Å². The highest BCUT2D eigenvalue weighted by Gasteiger charge is 2.13. The van der Waals surface area contributed by atoms with Crippen LogP contribution < -0.4 is 14.2 Å². The van der Waals surface area contributed by atoms with Gasteiger partial charge in [-0.05, 0) is 48.4 Å². The second-order valence-electron chi connectivity index (χ2n) is 5.15. The third-order valence-electron chi connectivity index (χ3n) is 3.33. The second kappa shape index (κ2) is 9.13. The molecule has 0 atom stereocenters. The van der Waals surface area contributed by atoms with Gasteiger partial charge in [0, 0.05) is 6.42 Å². The van der Waals surface area contributed by atoms with E-state index in [-0.39, 0.29) is 25.5 Å². The molecule has 25 heavy (non-hydrogen) atoms. The fraction of sp³-hybridized carbons (Fsp3) is 0.278. The maximum absolute atomic E-state index is 12.8. The van der Waals surface area contributed by atoms with Crippen molar-refractivity contribution >= 4 is 17.6 Å². The average Bonchev–Trinajstić information content (AvgIpc) is 2.59. The van der Waals surface area contributed by atoms with Crippen LogP contribution >= 0.6 is 11.6 Å². The highest BCUT2D eigenvalue weighted by molar-refractivity contribution is 6.32. The van der Waals surface area contributed by atoms with Gasteiger partial charge in [0.05, 0.1) is 12.1 Å². The number of methoxy groups -OCH3 is 1. The quantitative estimate of drug-likeness (QED) is 0.678. The largest absolute Gasteiger partial charge is 0.493 e. The van der Waals surface area contributed by atoms with E-state index in [0.29, 0.717) is 28.7 Å². The van der Waals surface area contributed by atoms with Crippen LogP contribution in [0.2, 0.25) is 5.02 Å². The minimum absolute atomic E-state index is 0.00516. The molecular formula is C18H18ClFO5. The normalized spacial score (nSPS) is 10.4. The first-order chi connectivity index (χ1) is 12.0. The van der Waals surface area contributed by atoms with Crippen molar-refractivity contribution in [2.24, 2.45) is 0 Å². The summed E-state index contributed by atoms with van der Waals surface area (Å²) in [4.78, 5) is 10.7. The summed E-state index contributed by atoms with van der Waals surface area (Å²) in [5, 5.41) is 9.09. The molecule has 0 aromatic heterocycles. The number of carboxylic acids is 1. The minimum Gasteiger partial charge on any atom is -0.493 e. The summed E-state index contributed by atoms with van der Waals surface area (Å²) in [5.41, 5.74) is 0.749. The zero-order valence-electron chi connectivity index (χ0n) is 13.6. The van der Waals surface area contributed by atoms with Crippen LogP contribution in [-0.4, -0.2) is 31.4 Å². The number of carboxylic acid groups (broad SMARTS) is 1. The topological polar surface area (TPSA) is 65.0 Å². The summed E-state index contributed by atoms with van der Waals surface area (Å²) >= 11 is 6.21. The molecule has 2 aromatic rings. The van der Waals surface area contributed by atoms with E-state index >= 15 is 0 Å². The van der Waals surface area contributed by atoms with Crippen molar-refractivity contribution in [2.75, 3.05) is 20.3 Å². The van der Waals surface area contributed by atoms with Crippen molar-refractivity contribution in [1.82, 2.24) is 0 Å². The SMILES string of the molecule is COc1cc(CCC(=O)O)cc(Cl)c1OCCOc1ccc(F)cc1. The third-order valence-corrected chi connectivity index (χ3v) is 3.61. The van der Waals surface area contributed by atoms with Crippen molar-refractivity contribution in [2.45, 2.75) is 12.8 Å². The van der Waals surface area contributed by atoms with Crippen molar-refractivity contribution in [3.63, 3.8) is 0 Å². The monoisotopic (exact) mass is 368 g/mol. The van der Waals surface area contributed by atoms with E-state index in [1.807, 2.05) is 0 Å². The molecule has 0 saturated heterocycles. The molecular weight excluding hydrogens is 351 g/mol. The maximum atomic E-state index is 12.8. The van der Waals surface area contributed by atoms with Crippen LogP contribution in [0.1, 0.15) is 12.0 Å². The molecule has 5 nitrogen and oxygen atoms in total.